The van der Waals surface area contributed by atoms with Crippen LogP contribution in [0.5, 0.6) is 0 Å². The van der Waals surface area contributed by atoms with Crippen molar-refractivity contribution in [2.45, 2.75) is 48.0 Å². The number of hydrogen-bond acceptors (Lipinski definition) is 1. The van der Waals surface area contributed by atoms with Crippen molar-refractivity contribution < 1.29 is 4.74 Å². The fourth-order valence-electron chi connectivity index (χ4n) is 0.787. The monoisotopic (exact) mass is 196 g/mol. The molecule has 0 aromatic heterocycles. The van der Waals surface area contributed by atoms with Crippen LogP contribution in [0.25, 0.3) is 0 Å². The van der Waals surface area contributed by atoms with Gasteiger partial charge in [-0.25, -0.2) is 0 Å². The highest BCUT2D eigenvalue weighted by Crippen LogP contribution is 2.16. The van der Waals surface area contributed by atoms with Gasteiger partial charge in [0.15, 0.2) is 0 Å². The van der Waals surface area contributed by atoms with E-state index < -0.39 is 0 Å². The lowest BCUT2D eigenvalue weighted by Gasteiger charge is -2.16. The maximum Gasteiger partial charge on any atom is 0.107 e. The summed E-state index contributed by atoms with van der Waals surface area (Å²) in [5.41, 5.74) is 0.544. The lowest BCUT2D eigenvalue weighted by atomic mass is 9.93. The first-order valence-electron chi connectivity index (χ1n) is 5.24. The van der Waals surface area contributed by atoms with Gasteiger partial charge in [0.2, 0.25) is 0 Å². The molecule has 0 aliphatic carbocycles. The van der Waals surface area contributed by atoms with Crippen molar-refractivity contribution in [3.05, 3.63) is 0 Å². The molecule has 0 unspecified atom stereocenters. The topological polar surface area (TPSA) is 9.23 Å². The minimum Gasteiger partial charge on any atom is -0.368 e. The van der Waals surface area contributed by atoms with E-state index in [4.69, 9.17) is 4.74 Å². The molecule has 0 aromatic rings. The molecule has 0 amide bonds. The summed E-state index contributed by atoms with van der Waals surface area (Å²) in [6.07, 6.45) is 0.936. The molecule has 0 heterocycles. The van der Waals surface area contributed by atoms with Crippen molar-refractivity contribution in [3.8, 4) is 11.8 Å². The molecule has 0 aliphatic rings. The molecule has 0 aromatic carbocycles. The Morgan fingerprint density at radius 2 is 1.43 bits per heavy atom. The zero-order valence-electron chi connectivity index (χ0n) is 10.5. The molecular formula is C13H24O. The lowest BCUT2D eigenvalue weighted by molar-refractivity contribution is 0.0942. The molecular weight excluding hydrogens is 172 g/mol. The van der Waals surface area contributed by atoms with Crippen LogP contribution in [0.4, 0.5) is 0 Å². The van der Waals surface area contributed by atoms with Crippen LogP contribution >= 0.6 is 0 Å². The highest BCUT2D eigenvalue weighted by molar-refractivity contribution is 5.01. The summed E-state index contributed by atoms with van der Waals surface area (Å²) in [7, 11) is 0. The fraction of sp³-hybridized carbons (Fsp3) is 0.846. The van der Waals surface area contributed by atoms with Crippen LogP contribution in [0.2, 0.25) is 0 Å². The first kappa shape index (κ1) is 13.5. The summed E-state index contributed by atoms with van der Waals surface area (Å²) in [5.74, 6) is 6.18. The summed E-state index contributed by atoms with van der Waals surface area (Å²) in [6, 6.07) is 0. The van der Waals surface area contributed by atoms with Crippen LogP contribution in [0.15, 0.2) is 0 Å². The highest BCUT2D eigenvalue weighted by Gasteiger charge is 2.09. The standard InChI is InChI=1S/C13H24O/c1-12(2,3)9-7-8-10-14-11-13(4,5)6/h9-11H2,1-6H3. The molecule has 0 rings (SSSR count). The zero-order valence-corrected chi connectivity index (χ0v) is 10.5. The first-order chi connectivity index (χ1) is 6.21. The Kier molecular flexibility index (Phi) is 5.23. The number of ether oxygens (including phenoxy) is 1. The quantitative estimate of drug-likeness (QED) is 0.485. The summed E-state index contributed by atoms with van der Waals surface area (Å²) >= 11 is 0. The Bertz CT molecular complexity index is 204. The van der Waals surface area contributed by atoms with E-state index in [-0.39, 0.29) is 5.41 Å². The van der Waals surface area contributed by atoms with Crippen LogP contribution in [0.3, 0.4) is 0 Å². The molecule has 0 bridgehead atoms. The van der Waals surface area contributed by atoms with Crippen LogP contribution < -0.4 is 0 Å². The van der Waals surface area contributed by atoms with Gasteiger partial charge in [0.25, 0.3) is 0 Å². The Morgan fingerprint density at radius 1 is 0.857 bits per heavy atom. The van der Waals surface area contributed by atoms with Gasteiger partial charge >= 0.3 is 0 Å². The predicted molar refractivity (Wildman–Crippen MR) is 62.1 cm³/mol. The van der Waals surface area contributed by atoms with Gasteiger partial charge in [0.1, 0.15) is 6.61 Å². The maximum absolute atomic E-state index is 5.44. The predicted octanol–water partition coefficient (Wildman–Crippen LogP) is 3.49. The smallest absolute Gasteiger partial charge is 0.107 e. The number of rotatable bonds is 2. The van der Waals surface area contributed by atoms with Crippen molar-refractivity contribution in [3.63, 3.8) is 0 Å². The van der Waals surface area contributed by atoms with E-state index in [0.29, 0.717) is 12.0 Å². The van der Waals surface area contributed by atoms with Gasteiger partial charge in [0.05, 0.1) is 6.61 Å². The van der Waals surface area contributed by atoms with Crippen LogP contribution in [-0.4, -0.2) is 13.2 Å². The second-order valence-electron chi connectivity index (χ2n) is 6.14. The van der Waals surface area contributed by atoms with E-state index >= 15 is 0 Å². The van der Waals surface area contributed by atoms with Gasteiger partial charge in [-0.2, -0.15) is 0 Å². The molecule has 0 saturated heterocycles. The van der Waals surface area contributed by atoms with E-state index in [1.807, 2.05) is 0 Å². The van der Waals surface area contributed by atoms with E-state index in [1.165, 1.54) is 0 Å². The van der Waals surface area contributed by atoms with Crippen molar-refractivity contribution in [1.29, 1.82) is 0 Å². The maximum atomic E-state index is 5.44. The molecule has 14 heavy (non-hydrogen) atoms. The van der Waals surface area contributed by atoms with E-state index in [2.05, 4.69) is 53.4 Å². The highest BCUT2D eigenvalue weighted by atomic mass is 16.5. The minimum absolute atomic E-state index is 0.242. The van der Waals surface area contributed by atoms with Gasteiger partial charge < -0.3 is 4.74 Å². The van der Waals surface area contributed by atoms with Gasteiger partial charge in [-0.1, -0.05) is 47.5 Å². The Balaban J connectivity index is 3.55. The lowest BCUT2D eigenvalue weighted by Crippen LogP contribution is -2.14. The van der Waals surface area contributed by atoms with Gasteiger partial charge in [0, 0.05) is 6.42 Å². The largest absolute Gasteiger partial charge is 0.368 e. The third-order valence-electron chi connectivity index (χ3n) is 1.45. The molecule has 1 heteroatoms. The van der Waals surface area contributed by atoms with Gasteiger partial charge in [-0.05, 0) is 10.8 Å². The average molecular weight is 196 g/mol. The van der Waals surface area contributed by atoms with E-state index in [9.17, 15) is 0 Å². The van der Waals surface area contributed by atoms with Crippen molar-refractivity contribution in [2.75, 3.05) is 13.2 Å². The summed E-state index contributed by atoms with van der Waals surface area (Å²) < 4.78 is 5.44. The Morgan fingerprint density at radius 3 is 1.86 bits per heavy atom. The molecule has 0 spiro atoms. The molecule has 82 valence electrons. The Labute approximate surface area is 89.2 Å². The fourth-order valence-corrected chi connectivity index (χ4v) is 0.787. The zero-order chi connectivity index (χ0) is 11.2. The van der Waals surface area contributed by atoms with Gasteiger partial charge in [-0.15, -0.1) is 5.92 Å². The molecule has 1 nitrogen and oxygen atoms in total. The second-order valence-corrected chi connectivity index (χ2v) is 6.14. The third-order valence-corrected chi connectivity index (χ3v) is 1.45. The SMILES string of the molecule is CC(C)(C)CC#CCOCC(C)(C)C. The van der Waals surface area contributed by atoms with Crippen molar-refractivity contribution >= 4 is 0 Å². The molecule has 0 N–H and O–H groups in total. The van der Waals surface area contributed by atoms with E-state index in [0.717, 1.165) is 13.0 Å². The number of hydrogen-bond donors (Lipinski definition) is 0. The second kappa shape index (κ2) is 5.41. The average Bonchev–Trinajstić information content (AvgIpc) is 1.92. The molecule has 0 saturated carbocycles. The van der Waals surface area contributed by atoms with E-state index in [1.54, 1.807) is 0 Å². The van der Waals surface area contributed by atoms with Crippen LogP contribution in [0, 0.1) is 22.7 Å². The van der Waals surface area contributed by atoms with Crippen LogP contribution in [-0.2, 0) is 4.74 Å². The molecule has 0 radical (unpaired) electrons. The minimum atomic E-state index is 0.242. The molecule has 0 fully saturated rings. The Hall–Kier alpha value is -0.480. The molecule has 0 aliphatic heterocycles. The summed E-state index contributed by atoms with van der Waals surface area (Å²) in [4.78, 5) is 0. The van der Waals surface area contributed by atoms with Gasteiger partial charge in [-0.3, -0.25) is 0 Å². The normalized spacial score (nSPS) is 12.1. The van der Waals surface area contributed by atoms with Crippen molar-refractivity contribution in [2.24, 2.45) is 10.8 Å². The molecule has 0 atom stereocenters. The summed E-state index contributed by atoms with van der Waals surface area (Å²) in [5, 5.41) is 0. The summed E-state index contributed by atoms with van der Waals surface area (Å²) in [6.45, 7) is 14.4. The first-order valence-corrected chi connectivity index (χ1v) is 5.24. The third kappa shape index (κ3) is 11.5. The van der Waals surface area contributed by atoms with Crippen LogP contribution in [0.1, 0.15) is 48.0 Å². The van der Waals surface area contributed by atoms with Crippen molar-refractivity contribution in [1.82, 2.24) is 0 Å².